The van der Waals surface area contributed by atoms with Crippen LogP contribution in [0.1, 0.15) is 4.11 Å². The van der Waals surface area contributed by atoms with Crippen LogP contribution in [-0.2, 0) is 0 Å². The second-order valence-electron chi connectivity index (χ2n) is 24.3. The van der Waals surface area contributed by atoms with E-state index in [4.69, 9.17) is 76.1 Å². The van der Waals surface area contributed by atoms with Gasteiger partial charge in [0.25, 0.3) is 0 Å². The summed E-state index contributed by atoms with van der Waals surface area (Å²) in [6, 6.07) is 108. The summed E-state index contributed by atoms with van der Waals surface area (Å²) in [5.41, 5.74) is 19.0. The predicted octanol–water partition coefficient (Wildman–Crippen LogP) is 22.6. The van der Waals surface area contributed by atoms with E-state index in [1.165, 1.54) is 0 Å². The first-order valence-electron chi connectivity index (χ1n) is 34.8. The van der Waals surface area contributed by atoms with Gasteiger partial charge in [0, 0.05) is 65.5 Å². The maximum absolute atomic E-state index is 8.95. The first kappa shape index (κ1) is 61.4. The van der Waals surface area contributed by atoms with Crippen molar-refractivity contribution in [3.63, 3.8) is 0 Å². The summed E-state index contributed by atoms with van der Waals surface area (Å²) >= 11 is 12.7. The summed E-state index contributed by atoms with van der Waals surface area (Å²) in [6.07, 6.45) is 0. The fraction of sp³-hybridized carbons (Fsp3) is 0. The summed E-state index contributed by atoms with van der Waals surface area (Å²) < 4.78 is 36.1. The van der Waals surface area contributed by atoms with Crippen LogP contribution in [0.5, 0.6) is 0 Å². The highest BCUT2D eigenvalue weighted by Gasteiger charge is 2.23. The third kappa shape index (κ3) is 13.9. The molecule has 0 bridgehead atoms. The lowest BCUT2D eigenvalue weighted by Gasteiger charge is -2.11. The molecule has 0 saturated carbocycles. The number of fused-ring (bicyclic) bond motifs is 6. The van der Waals surface area contributed by atoms with Crippen molar-refractivity contribution in [1.29, 1.82) is 0 Å². The molecule has 490 valence electrons. The predicted molar refractivity (Wildman–Crippen MR) is 420 cm³/mol. The molecule has 0 spiro atoms. The van der Waals surface area contributed by atoms with Crippen LogP contribution < -0.4 is 5.46 Å². The number of hydrogen-bond acceptors (Lipinski definition) is 10. The normalized spacial score (nSPS) is 11.5. The van der Waals surface area contributed by atoms with E-state index in [1.54, 1.807) is 30.3 Å². The monoisotopic (exact) mass is 1370 g/mol. The van der Waals surface area contributed by atoms with Crippen LogP contribution in [0.25, 0.3) is 168 Å². The van der Waals surface area contributed by atoms with Gasteiger partial charge in [0.1, 0.15) is 16.7 Å². The molecule has 13 heteroatoms. The summed E-state index contributed by atoms with van der Waals surface area (Å²) in [4.78, 5) is 29.6. The fourth-order valence-corrected chi connectivity index (χ4v) is 13.2. The molecule has 0 radical (unpaired) electrons. The Bertz CT molecular complexity index is 6070. The Morgan fingerprint density at radius 1 is 0.272 bits per heavy atom. The maximum atomic E-state index is 8.95. The Morgan fingerprint density at radius 3 is 0.981 bits per heavy atom. The van der Waals surface area contributed by atoms with Gasteiger partial charge in [-0.15, -0.1) is 0 Å². The molecule has 4 heterocycles. The average Bonchev–Trinajstić information content (AvgIpc) is 1.59. The summed E-state index contributed by atoms with van der Waals surface area (Å²) in [5.74, 6) is 3.50. The third-order valence-electron chi connectivity index (χ3n) is 17.8. The van der Waals surface area contributed by atoms with E-state index in [1.807, 2.05) is 231 Å². The van der Waals surface area contributed by atoms with Crippen molar-refractivity contribution in [1.82, 2.24) is 29.9 Å². The van der Waals surface area contributed by atoms with E-state index in [0.29, 0.717) is 79.7 Å². The SMILES string of the molecule is Clc1cc(Cl)c2oc3cccc(-c4nc(-c5ccccc5)nc(-c5ccccc5)n4)c3c2c1.[2H]c1ccc(-c2ccc(-c3cc(-c4ccc(-c5ccc([2H])cc5)cc4)c4oc5cccc(-c6nc(-c7ccccc7)nc(-c7ccccc7)n6)c5c4c3)cc2)cc1.[2H]c1ccc(-c2ccc(B(O)O)cc2)cc1. The van der Waals surface area contributed by atoms with Crippen molar-refractivity contribution in [3.8, 4) is 124 Å². The van der Waals surface area contributed by atoms with Crippen LogP contribution in [0.15, 0.2) is 355 Å². The maximum Gasteiger partial charge on any atom is 0.488 e. The molecule has 0 atom stereocenters. The van der Waals surface area contributed by atoms with Crippen LogP contribution in [0.3, 0.4) is 0 Å². The van der Waals surface area contributed by atoms with Gasteiger partial charge in [0.05, 0.1) is 9.13 Å². The van der Waals surface area contributed by atoms with Gasteiger partial charge >= 0.3 is 7.12 Å². The first-order valence-corrected chi connectivity index (χ1v) is 34.1. The van der Waals surface area contributed by atoms with Gasteiger partial charge in [-0.05, 0) is 91.9 Å². The molecular formula is C90H59BCl2N6O4. The molecule has 0 unspecified atom stereocenters. The zero-order chi connectivity index (χ0) is 72.2. The van der Waals surface area contributed by atoms with Crippen molar-refractivity contribution in [3.05, 3.63) is 356 Å². The van der Waals surface area contributed by atoms with Crippen LogP contribution in [-0.4, -0.2) is 47.1 Å². The molecule has 10 nitrogen and oxygen atoms in total. The molecule has 0 aliphatic heterocycles. The lowest BCUT2D eigenvalue weighted by molar-refractivity contribution is 0.426. The molecule has 18 rings (SSSR count). The molecule has 0 fully saturated rings. The molecule has 0 saturated heterocycles. The standard InChI is InChI=1S/C51H33N3O.C27H15Cl2N3O.C12H11BO2/c1-5-14-34(15-6-1)36-24-26-38(27-25-36)42-32-44(39-30-28-37(29-31-39)35-16-7-2-8-17-35)48-45(33-42)47-43(22-13-23-46(47)55-48)51-53-49(40-18-9-3-10-19-40)52-50(54-51)41-20-11-4-12-21-41;28-18-14-20-23-19(12-7-13-22(23)33-24(20)21(29)15-18)27-31-25(16-8-3-1-4-9-16)30-26(32-27)17-10-5-2-6-11-17;14-13(15)12-8-6-11(7-9-12)10-4-2-1-3-5-10/h1-33H;1-15H;1-9,14-15H/i1D,2D;;1D. The van der Waals surface area contributed by atoms with Gasteiger partial charge in [-0.25, -0.2) is 29.9 Å². The van der Waals surface area contributed by atoms with E-state index in [9.17, 15) is 0 Å². The highest BCUT2D eigenvalue weighted by Crippen LogP contribution is 2.45. The number of rotatable bonds is 12. The number of benzene rings is 14. The zero-order valence-electron chi connectivity index (χ0n) is 57.9. The van der Waals surface area contributed by atoms with Gasteiger partial charge in [0.2, 0.25) is 0 Å². The molecule has 103 heavy (non-hydrogen) atoms. The summed E-state index contributed by atoms with van der Waals surface area (Å²) in [5, 5.41) is 22.5. The van der Waals surface area contributed by atoms with E-state index in [2.05, 4.69) is 66.7 Å². The van der Waals surface area contributed by atoms with E-state index < -0.39 is 7.12 Å². The van der Waals surface area contributed by atoms with Crippen LogP contribution >= 0.6 is 23.2 Å². The average molecular weight is 1370 g/mol. The smallest absolute Gasteiger partial charge is 0.455 e. The number of hydrogen-bond donors (Lipinski definition) is 2. The van der Waals surface area contributed by atoms with E-state index >= 15 is 0 Å². The quantitative estimate of drug-likeness (QED) is 0.113. The molecule has 4 aromatic heterocycles. The lowest BCUT2D eigenvalue weighted by atomic mass is 9.80. The van der Waals surface area contributed by atoms with Gasteiger partial charge in [-0.1, -0.05) is 333 Å². The molecule has 18 aromatic rings. The van der Waals surface area contributed by atoms with Crippen LogP contribution in [0, 0.1) is 0 Å². The molecule has 2 N–H and O–H groups in total. The van der Waals surface area contributed by atoms with Crippen LogP contribution in [0.4, 0.5) is 0 Å². The Kier molecular flexibility index (Phi) is 17.4. The summed E-state index contributed by atoms with van der Waals surface area (Å²) in [6.45, 7) is 0. The number of halogens is 2. The Balaban J connectivity index is 0.000000146. The van der Waals surface area contributed by atoms with Gasteiger partial charge in [0.15, 0.2) is 40.5 Å². The third-order valence-corrected chi connectivity index (χ3v) is 18.3. The topological polar surface area (TPSA) is 144 Å². The second-order valence-corrected chi connectivity index (χ2v) is 25.2. The van der Waals surface area contributed by atoms with Crippen molar-refractivity contribution >= 4 is 79.7 Å². The van der Waals surface area contributed by atoms with Gasteiger partial charge in [-0.2, -0.15) is 0 Å². The van der Waals surface area contributed by atoms with Gasteiger partial charge in [-0.3, -0.25) is 0 Å². The molecule has 0 amide bonds. The number of aromatic nitrogens is 6. The Hall–Kier alpha value is -12.7. The summed E-state index contributed by atoms with van der Waals surface area (Å²) in [7, 11) is -1.43. The zero-order valence-corrected chi connectivity index (χ0v) is 56.4. The highest BCUT2D eigenvalue weighted by molar-refractivity contribution is 6.58. The molecule has 0 aliphatic carbocycles. The number of nitrogens with zero attached hydrogens (tertiary/aromatic N) is 6. The van der Waals surface area contributed by atoms with Gasteiger partial charge < -0.3 is 18.9 Å². The van der Waals surface area contributed by atoms with E-state index in [-0.39, 0.29) is 0 Å². The second kappa shape index (κ2) is 29.2. The van der Waals surface area contributed by atoms with Crippen molar-refractivity contribution in [2.45, 2.75) is 0 Å². The van der Waals surface area contributed by atoms with Crippen LogP contribution in [0.2, 0.25) is 10.0 Å². The lowest BCUT2D eigenvalue weighted by Crippen LogP contribution is -2.29. The minimum Gasteiger partial charge on any atom is -0.455 e. The Morgan fingerprint density at radius 2 is 0.592 bits per heavy atom. The number of furan rings is 2. The van der Waals surface area contributed by atoms with Crippen molar-refractivity contribution < 1.29 is 23.0 Å². The fourth-order valence-electron chi connectivity index (χ4n) is 12.7. The van der Waals surface area contributed by atoms with Crippen molar-refractivity contribution in [2.75, 3.05) is 0 Å². The molecule has 14 aromatic carbocycles. The molecule has 0 aliphatic rings. The minimum absolute atomic E-state index is 0.463. The minimum atomic E-state index is -1.43. The molecular weight excluding hydrogens is 1310 g/mol. The highest BCUT2D eigenvalue weighted by atomic mass is 35.5. The first-order chi connectivity index (χ1) is 51.9. The Labute approximate surface area is 608 Å². The van der Waals surface area contributed by atoms with Crippen molar-refractivity contribution in [2.24, 2.45) is 0 Å². The largest absolute Gasteiger partial charge is 0.488 e. The van der Waals surface area contributed by atoms with E-state index in [0.717, 1.165) is 122 Å².